The van der Waals surface area contributed by atoms with Crippen LogP contribution in [0.1, 0.15) is 26.7 Å². The zero-order valence-electron chi connectivity index (χ0n) is 6.79. The normalized spacial score (nSPS) is 49.1. The molecule has 0 N–H and O–H groups in total. The lowest BCUT2D eigenvalue weighted by molar-refractivity contribution is -0.148. The molecule has 0 aromatic carbocycles. The maximum absolute atomic E-state index is 11.2. The van der Waals surface area contributed by atoms with Crippen LogP contribution < -0.4 is 0 Å². The predicted octanol–water partition coefficient (Wildman–Crippen LogP) is 1.07. The van der Waals surface area contributed by atoms with Gasteiger partial charge in [-0.1, -0.05) is 6.92 Å². The number of fused-ring (bicyclic) bond motifs is 2. The Morgan fingerprint density at radius 1 is 1.64 bits per heavy atom. The number of carbonyl (C=O) groups excluding carboxylic acids is 1. The van der Waals surface area contributed by atoms with E-state index >= 15 is 0 Å². The summed E-state index contributed by atoms with van der Waals surface area (Å²) in [4.78, 5) is 11.2. The maximum Gasteiger partial charge on any atom is 0.340 e. The van der Waals surface area contributed by atoms with E-state index in [-0.39, 0.29) is 12.3 Å². The topological polar surface area (TPSA) is 35.5 Å². The van der Waals surface area contributed by atoms with Gasteiger partial charge in [0.25, 0.3) is 0 Å². The van der Waals surface area contributed by atoms with Crippen LogP contribution in [0.3, 0.4) is 0 Å². The largest absolute Gasteiger partial charge is 0.433 e. The van der Waals surface area contributed by atoms with Crippen molar-refractivity contribution in [3.05, 3.63) is 0 Å². The van der Waals surface area contributed by atoms with Crippen LogP contribution in [-0.2, 0) is 14.3 Å². The number of ether oxygens (including phenoxy) is 2. The Bertz CT molecular complexity index is 202. The Morgan fingerprint density at radius 3 is 3.00 bits per heavy atom. The van der Waals surface area contributed by atoms with Crippen LogP contribution in [0.15, 0.2) is 0 Å². The van der Waals surface area contributed by atoms with E-state index in [1.165, 1.54) is 0 Å². The molecule has 2 aliphatic rings. The van der Waals surface area contributed by atoms with E-state index in [0.717, 1.165) is 12.8 Å². The molecule has 3 atom stereocenters. The first-order chi connectivity index (χ1) is 5.12. The first-order valence-corrected chi connectivity index (χ1v) is 4.01. The van der Waals surface area contributed by atoms with Gasteiger partial charge in [0.05, 0.1) is 0 Å². The molecule has 0 radical (unpaired) electrons. The van der Waals surface area contributed by atoms with Crippen LogP contribution in [0.4, 0.5) is 0 Å². The van der Waals surface area contributed by atoms with E-state index in [9.17, 15) is 4.79 Å². The molecule has 2 fully saturated rings. The Morgan fingerprint density at radius 2 is 2.36 bits per heavy atom. The van der Waals surface area contributed by atoms with Gasteiger partial charge in [-0.3, -0.25) is 0 Å². The van der Waals surface area contributed by atoms with E-state index < -0.39 is 5.60 Å². The summed E-state index contributed by atoms with van der Waals surface area (Å²) in [6.07, 6.45) is 1.54. The summed E-state index contributed by atoms with van der Waals surface area (Å²) in [6.45, 7) is 3.85. The fraction of sp³-hybridized carbons (Fsp3) is 0.875. The molecule has 0 aliphatic carbocycles. The minimum Gasteiger partial charge on any atom is -0.433 e. The third-order valence-electron chi connectivity index (χ3n) is 2.57. The van der Waals surface area contributed by atoms with Gasteiger partial charge < -0.3 is 9.47 Å². The van der Waals surface area contributed by atoms with Crippen molar-refractivity contribution in [3.63, 3.8) is 0 Å². The van der Waals surface area contributed by atoms with Crippen molar-refractivity contribution in [2.75, 3.05) is 0 Å². The van der Waals surface area contributed by atoms with E-state index in [0.29, 0.717) is 5.92 Å². The molecule has 0 aromatic rings. The molecule has 0 amide bonds. The molecule has 3 nitrogen and oxygen atoms in total. The van der Waals surface area contributed by atoms with Crippen molar-refractivity contribution >= 4 is 5.97 Å². The quantitative estimate of drug-likeness (QED) is 0.492. The van der Waals surface area contributed by atoms with E-state index in [2.05, 4.69) is 0 Å². The van der Waals surface area contributed by atoms with Gasteiger partial charge >= 0.3 is 5.97 Å². The van der Waals surface area contributed by atoms with Crippen molar-refractivity contribution in [1.82, 2.24) is 0 Å². The first kappa shape index (κ1) is 7.10. The third-order valence-corrected chi connectivity index (χ3v) is 2.57. The molecule has 2 rings (SSSR count). The van der Waals surface area contributed by atoms with Crippen molar-refractivity contribution in [1.29, 1.82) is 0 Å². The molecule has 3 heteroatoms. The van der Waals surface area contributed by atoms with E-state index in [1.807, 2.05) is 6.92 Å². The van der Waals surface area contributed by atoms with Crippen LogP contribution in [0.5, 0.6) is 0 Å². The number of esters is 1. The molecule has 3 unspecified atom stereocenters. The summed E-state index contributed by atoms with van der Waals surface area (Å²) >= 11 is 0. The molecule has 2 bridgehead atoms. The second-order valence-corrected chi connectivity index (χ2v) is 3.64. The lowest BCUT2D eigenvalue weighted by Gasteiger charge is -2.27. The van der Waals surface area contributed by atoms with Crippen LogP contribution in [-0.4, -0.2) is 17.9 Å². The lowest BCUT2D eigenvalue weighted by Crippen LogP contribution is -2.37. The molecule has 2 heterocycles. The fourth-order valence-corrected chi connectivity index (χ4v) is 1.59. The average Bonchev–Trinajstić information content (AvgIpc) is 2.20. The molecule has 2 saturated heterocycles. The maximum atomic E-state index is 11.2. The van der Waals surface area contributed by atoms with Gasteiger partial charge in [-0.25, -0.2) is 4.79 Å². The van der Waals surface area contributed by atoms with Crippen molar-refractivity contribution in [2.24, 2.45) is 5.92 Å². The monoisotopic (exact) mass is 156 g/mol. The summed E-state index contributed by atoms with van der Waals surface area (Å²) < 4.78 is 10.5. The van der Waals surface area contributed by atoms with Gasteiger partial charge in [0.15, 0.2) is 5.60 Å². The summed E-state index contributed by atoms with van der Waals surface area (Å²) in [5.74, 6) is 0.168. The van der Waals surface area contributed by atoms with E-state index in [4.69, 9.17) is 9.47 Å². The van der Waals surface area contributed by atoms with Crippen molar-refractivity contribution in [2.45, 2.75) is 38.6 Å². The zero-order valence-corrected chi connectivity index (χ0v) is 6.79. The van der Waals surface area contributed by atoms with Gasteiger partial charge in [0.1, 0.15) is 0 Å². The average molecular weight is 156 g/mol. The van der Waals surface area contributed by atoms with Crippen molar-refractivity contribution in [3.8, 4) is 0 Å². The molecule has 2 aliphatic heterocycles. The number of hydrogen-bond donors (Lipinski definition) is 0. The molecule has 0 saturated carbocycles. The first-order valence-electron chi connectivity index (χ1n) is 4.01. The predicted molar refractivity (Wildman–Crippen MR) is 37.8 cm³/mol. The van der Waals surface area contributed by atoms with Gasteiger partial charge in [0.2, 0.25) is 6.29 Å². The standard InChI is InChI=1S/C8H12O3/c1-5-3-4-8(2)7(9)10-6(5)11-8/h5-6H,3-4H2,1-2H3. The van der Waals surface area contributed by atoms with Crippen LogP contribution >= 0.6 is 0 Å². The van der Waals surface area contributed by atoms with Gasteiger partial charge in [-0.05, 0) is 19.8 Å². The van der Waals surface area contributed by atoms with Crippen molar-refractivity contribution < 1.29 is 14.3 Å². The third kappa shape index (κ3) is 0.872. The highest BCUT2D eigenvalue weighted by Gasteiger charge is 2.51. The van der Waals surface area contributed by atoms with Gasteiger partial charge in [-0.15, -0.1) is 0 Å². The second-order valence-electron chi connectivity index (χ2n) is 3.64. The Balaban J connectivity index is 2.24. The molecular formula is C8H12O3. The lowest BCUT2D eigenvalue weighted by atomic mass is 9.92. The minimum absolute atomic E-state index is 0.188. The van der Waals surface area contributed by atoms with Crippen LogP contribution in [0.2, 0.25) is 0 Å². The highest BCUT2D eigenvalue weighted by atomic mass is 16.8. The molecule has 0 aromatic heterocycles. The highest BCUT2D eigenvalue weighted by Crippen LogP contribution is 2.39. The summed E-state index contributed by atoms with van der Waals surface area (Å²) in [5.41, 5.74) is -0.628. The molecule has 62 valence electrons. The minimum atomic E-state index is -0.628. The Hall–Kier alpha value is -0.570. The molecular weight excluding hydrogens is 144 g/mol. The zero-order chi connectivity index (χ0) is 8.06. The van der Waals surface area contributed by atoms with E-state index in [1.54, 1.807) is 6.92 Å². The fourth-order valence-electron chi connectivity index (χ4n) is 1.59. The SMILES string of the molecule is CC1CCC2(C)OC1OC2=O. The summed E-state index contributed by atoms with van der Waals surface area (Å²) in [5, 5.41) is 0. The number of carbonyl (C=O) groups is 1. The van der Waals surface area contributed by atoms with Gasteiger partial charge in [-0.2, -0.15) is 0 Å². The van der Waals surface area contributed by atoms with Gasteiger partial charge in [0, 0.05) is 5.92 Å². The molecule has 11 heavy (non-hydrogen) atoms. The summed E-state index contributed by atoms with van der Waals surface area (Å²) in [7, 11) is 0. The molecule has 0 spiro atoms. The number of hydrogen-bond acceptors (Lipinski definition) is 3. The van der Waals surface area contributed by atoms with Crippen LogP contribution in [0, 0.1) is 5.92 Å². The number of rotatable bonds is 0. The van der Waals surface area contributed by atoms with Crippen LogP contribution in [0.25, 0.3) is 0 Å². The highest BCUT2D eigenvalue weighted by molar-refractivity contribution is 5.80. The second kappa shape index (κ2) is 1.97. The Kier molecular flexibility index (Phi) is 1.27. The summed E-state index contributed by atoms with van der Waals surface area (Å²) in [6, 6.07) is 0. The smallest absolute Gasteiger partial charge is 0.340 e. The Labute approximate surface area is 65.7 Å².